The van der Waals surface area contributed by atoms with E-state index in [0.717, 1.165) is 36.4 Å². The molecule has 0 saturated heterocycles. The molecule has 0 aliphatic rings. The van der Waals surface area contributed by atoms with Crippen molar-refractivity contribution in [1.29, 1.82) is 0 Å². The first-order valence-electron chi connectivity index (χ1n) is 7.57. The van der Waals surface area contributed by atoms with Gasteiger partial charge < -0.3 is 4.57 Å². The Labute approximate surface area is 129 Å². The number of rotatable bonds is 5. The van der Waals surface area contributed by atoms with Crippen molar-refractivity contribution in [1.82, 2.24) is 14.5 Å². The van der Waals surface area contributed by atoms with Gasteiger partial charge in [-0.25, -0.2) is 9.97 Å². The summed E-state index contributed by atoms with van der Waals surface area (Å²) in [6.07, 6.45) is 2.12. The predicted molar refractivity (Wildman–Crippen MR) is 89.0 cm³/mol. The number of aromatic nitrogens is 3. The molecule has 3 rings (SSSR count). The monoisotopic (exact) mass is 299 g/mol. The first-order valence-corrected chi connectivity index (χ1v) is 8.45. The maximum atomic E-state index is 4.78. The van der Waals surface area contributed by atoms with Crippen LogP contribution in [0.25, 0.3) is 11.0 Å². The van der Waals surface area contributed by atoms with Crippen LogP contribution in [0.3, 0.4) is 0 Å². The Kier molecular flexibility index (Phi) is 4.06. The van der Waals surface area contributed by atoms with Crippen molar-refractivity contribution in [3.8, 4) is 0 Å². The molecule has 110 valence electrons. The van der Waals surface area contributed by atoms with Gasteiger partial charge >= 0.3 is 0 Å². The van der Waals surface area contributed by atoms with Crippen molar-refractivity contribution in [2.24, 2.45) is 0 Å². The summed E-state index contributed by atoms with van der Waals surface area (Å²) in [5.74, 6) is 1.66. The van der Waals surface area contributed by atoms with Gasteiger partial charge in [-0.1, -0.05) is 32.9 Å². The number of aryl methyl sites for hydroxylation is 1. The highest BCUT2D eigenvalue weighted by Gasteiger charge is 2.12. The van der Waals surface area contributed by atoms with E-state index in [1.54, 1.807) is 11.3 Å². The van der Waals surface area contributed by atoms with Crippen molar-refractivity contribution in [2.45, 2.75) is 46.1 Å². The Balaban J connectivity index is 1.99. The quantitative estimate of drug-likeness (QED) is 0.688. The van der Waals surface area contributed by atoms with Crippen LogP contribution in [-0.4, -0.2) is 14.5 Å². The summed E-state index contributed by atoms with van der Waals surface area (Å²) in [5, 5.41) is 3.39. The van der Waals surface area contributed by atoms with Crippen molar-refractivity contribution in [3.05, 3.63) is 46.2 Å². The Morgan fingerprint density at radius 3 is 2.71 bits per heavy atom. The van der Waals surface area contributed by atoms with Gasteiger partial charge in [0.15, 0.2) is 0 Å². The zero-order chi connectivity index (χ0) is 14.8. The van der Waals surface area contributed by atoms with Crippen LogP contribution >= 0.6 is 11.3 Å². The fourth-order valence-corrected chi connectivity index (χ4v) is 3.36. The number of hydrogen-bond acceptors (Lipinski definition) is 3. The molecule has 0 fully saturated rings. The van der Waals surface area contributed by atoms with Crippen LogP contribution in [0, 0.1) is 0 Å². The molecule has 0 radical (unpaired) electrons. The molecule has 3 nitrogen and oxygen atoms in total. The molecule has 0 unspecified atom stereocenters. The molecule has 0 spiro atoms. The summed E-state index contributed by atoms with van der Waals surface area (Å²) in [6, 6.07) is 8.37. The van der Waals surface area contributed by atoms with Crippen LogP contribution < -0.4 is 0 Å². The number of nitrogens with zero attached hydrogens (tertiary/aromatic N) is 3. The molecule has 0 saturated carbocycles. The van der Waals surface area contributed by atoms with Gasteiger partial charge in [-0.3, -0.25) is 0 Å². The van der Waals surface area contributed by atoms with Gasteiger partial charge in [0, 0.05) is 17.7 Å². The van der Waals surface area contributed by atoms with Gasteiger partial charge in [-0.15, -0.1) is 11.3 Å². The van der Waals surface area contributed by atoms with Gasteiger partial charge in [0.05, 0.1) is 28.3 Å². The molecule has 3 aromatic rings. The third kappa shape index (κ3) is 2.86. The summed E-state index contributed by atoms with van der Waals surface area (Å²) in [7, 11) is 0. The van der Waals surface area contributed by atoms with E-state index < -0.39 is 0 Å². The van der Waals surface area contributed by atoms with E-state index in [4.69, 9.17) is 9.97 Å². The number of imidazole rings is 1. The largest absolute Gasteiger partial charge is 0.322 e. The van der Waals surface area contributed by atoms with Crippen LogP contribution in [0.1, 0.15) is 49.6 Å². The van der Waals surface area contributed by atoms with E-state index in [1.807, 2.05) is 0 Å². The lowest BCUT2D eigenvalue weighted by Gasteiger charge is -2.07. The Bertz CT molecular complexity index is 739. The zero-order valence-corrected chi connectivity index (χ0v) is 13.7. The predicted octanol–water partition coefficient (Wildman–Crippen LogP) is 4.62. The maximum absolute atomic E-state index is 4.78. The van der Waals surface area contributed by atoms with Crippen molar-refractivity contribution < 1.29 is 0 Å². The molecule has 0 atom stereocenters. The van der Waals surface area contributed by atoms with Crippen LogP contribution in [0.15, 0.2) is 29.6 Å². The minimum atomic E-state index is 0.499. The van der Waals surface area contributed by atoms with Crippen LogP contribution in [-0.2, 0) is 13.0 Å². The van der Waals surface area contributed by atoms with E-state index in [1.165, 1.54) is 10.5 Å². The van der Waals surface area contributed by atoms with Gasteiger partial charge in [0.1, 0.15) is 5.82 Å². The first-order chi connectivity index (χ1) is 10.2. The lowest BCUT2D eigenvalue weighted by Crippen LogP contribution is -2.05. The Morgan fingerprint density at radius 2 is 2.00 bits per heavy atom. The van der Waals surface area contributed by atoms with E-state index in [2.05, 4.69) is 55.0 Å². The molecule has 1 aromatic carbocycles. The topological polar surface area (TPSA) is 30.7 Å². The third-order valence-corrected chi connectivity index (χ3v) is 4.78. The standard InChI is InChI=1S/C17H21N3S/c1-4-7-16-19-14-8-5-6-9-15(14)20(16)10-13-11-21-17(18-13)12(2)3/h5-6,8-9,11-12H,4,7,10H2,1-3H3. The van der Waals surface area contributed by atoms with Gasteiger partial charge in [0.2, 0.25) is 0 Å². The fourth-order valence-electron chi connectivity index (χ4n) is 2.54. The molecular weight excluding hydrogens is 278 g/mol. The molecule has 0 bridgehead atoms. The lowest BCUT2D eigenvalue weighted by atomic mass is 10.2. The summed E-state index contributed by atoms with van der Waals surface area (Å²) in [4.78, 5) is 9.54. The van der Waals surface area contributed by atoms with E-state index >= 15 is 0 Å². The number of thiazole rings is 1. The first kappa shape index (κ1) is 14.3. The molecule has 0 aliphatic carbocycles. The number of benzene rings is 1. The maximum Gasteiger partial charge on any atom is 0.110 e. The lowest BCUT2D eigenvalue weighted by molar-refractivity contribution is 0.707. The van der Waals surface area contributed by atoms with Crippen molar-refractivity contribution in [3.63, 3.8) is 0 Å². The number of para-hydroxylation sites is 2. The van der Waals surface area contributed by atoms with Crippen LogP contribution in [0.2, 0.25) is 0 Å². The normalized spacial score (nSPS) is 11.6. The molecule has 2 aromatic heterocycles. The van der Waals surface area contributed by atoms with E-state index in [9.17, 15) is 0 Å². The molecular formula is C17H21N3S. The van der Waals surface area contributed by atoms with Gasteiger partial charge in [-0.05, 0) is 18.6 Å². The van der Waals surface area contributed by atoms with E-state index in [-0.39, 0.29) is 0 Å². The van der Waals surface area contributed by atoms with Crippen LogP contribution in [0.4, 0.5) is 0 Å². The molecule has 0 N–H and O–H groups in total. The average Bonchev–Trinajstić information content (AvgIpc) is 3.06. The second-order valence-electron chi connectivity index (χ2n) is 5.68. The summed E-state index contributed by atoms with van der Waals surface area (Å²) in [6.45, 7) is 7.40. The van der Waals surface area contributed by atoms with Crippen molar-refractivity contribution >= 4 is 22.4 Å². The highest BCUT2D eigenvalue weighted by Crippen LogP contribution is 2.22. The number of fused-ring (bicyclic) bond motifs is 1. The molecule has 21 heavy (non-hydrogen) atoms. The van der Waals surface area contributed by atoms with E-state index in [0.29, 0.717) is 5.92 Å². The Morgan fingerprint density at radius 1 is 1.19 bits per heavy atom. The second-order valence-corrected chi connectivity index (χ2v) is 6.57. The van der Waals surface area contributed by atoms with Gasteiger partial charge in [-0.2, -0.15) is 0 Å². The molecule has 0 amide bonds. The number of hydrogen-bond donors (Lipinski definition) is 0. The molecule has 4 heteroatoms. The minimum absolute atomic E-state index is 0.499. The highest BCUT2D eigenvalue weighted by atomic mass is 32.1. The summed E-state index contributed by atoms with van der Waals surface area (Å²) in [5.41, 5.74) is 3.43. The van der Waals surface area contributed by atoms with Crippen LogP contribution in [0.5, 0.6) is 0 Å². The third-order valence-electron chi connectivity index (χ3n) is 3.59. The van der Waals surface area contributed by atoms with Crippen molar-refractivity contribution in [2.75, 3.05) is 0 Å². The molecule has 2 heterocycles. The average molecular weight is 299 g/mol. The molecule has 0 aliphatic heterocycles. The Hall–Kier alpha value is -1.68. The fraction of sp³-hybridized carbons (Fsp3) is 0.412. The second kappa shape index (κ2) is 5.98. The van der Waals surface area contributed by atoms with Gasteiger partial charge in [0.25, 0.3) is 0 Å². The smallest absolute Gasteiger partial charge is 0.110 e. The minimum Gasteiger partial charge on any atom is -0.322 e. The summed E-state index contributed by atoms with van der Waals surface area (Å²) < 4.78 is 2.32. The highest BCUT2D eigenvalue weighted by molar-refractivity contribution is 7.09. The zero-order valence-electron chi connectivity index (χ0n) is 12.8. The SMILES string of the molecule is CCCc1nc2ccccc2n1Cc1csc(C(C)C)n1. The summed E-state index contributed by atoms with van der Waals surface area (Å²) >= 11 is 1.76.